The van der Waals surface area contributed by atoms with Crippen LogP contribution in [0.3, 0.4) is 0 Å². The standard InChI is InChI=1S/C13H11N3OS/c1-9(15-17)11-12(10-5-3-2-4-6-10)18-13-14-7-8-16(11)13/h2-8,17H,1H3. The van der Waals surface area contributed by atoms with E-state index in [2.05, 4.69) is 10.1 Å². The normalized spacial score (nSPS) is 12.2. The Kier molecular flexibility index (Phi) is 2.60. The highest BCUT2D eigenvalue weighted by Crippen LogP contribution is 2.32. The van der Waals surface area contributed by atoms with Gasteiger partial charge in [0.2, 0.25) is 0 Å². The monoisotopic (exact) mass is 257 g/mol. The number of benzene rings is 1. The number of aromatic nitrogens is 2. The second-order valence-electron chi connectivity index (χ2n) is 3.91. The summed E-state index contributed by atoms with van der Waals surface area (Å²) in [6.45, 7) is 1.79. The Morgan fingerprint density at radius 2 is 2.11 bits per heavy atom. The van der Waals surface area contributed by atoms with E-state index in [0.29, 0.717) is 5.71 Å². The van der Waals surface area contributed by atoms with E-state index in [0.717, 1.165) is 21.1 Å². The number of imidazole rings is 1. The Morgan fingerprint density at radius 1 is 1.33 bits per heavy atom. The van der Waals surface area contributed by atoms with Crippen molar-refractivity contribution < 1.29 is 5.21 Å². The summed E-state index contributed by atoms with van der Waals surface area (Å²) in [5.41, 5.74) is 2.57. The molecule has 0 aliphatic rings. The second kappa shape index (κ2) is 4.27. The molecule has 0 spiro atoms. The summed E-state index contributed by atoms with van der Waals surface area (Å²) in [7, 11) is 0. The Bertz CT molecular complexity index is 712. The van der Waals surface area contributed by atoms with Crippen molar-refractivity contribution in [2.75, 3.05) is 0 Å². The molecule has 0 bridgehead atoms. The van der Waals surface area contributed by atoms with Gasteiger partial charge in [0.25, 0.3) is 0 Å². The molecule has 1 N–H and O–H groups in total. The van der Waals surface area contributed by atoms with Crippen LogP contribution in [0.4, 0.5) is 0 Å². The minimum Gasteiger partial charge on any atom is -0.411 e. The zero-order valence-corrected chi connectivity index (χ0v) is 10.6. The highest BCUT2D eigenvalue weighted by Gasteiger charge is 2.16. The van der Waals surface area contributed by atoms with Crippen LogP contribution in [0.1, 0.15) is 12.6 Å². The van der Waals surface area contributed by atoms with Crippen LogP contribution in [-0.4, -0.2) is 20.3 Å². The van der Waals surface area contributed by atoms with Crippen molar-refractivity contribution in [2.45, 2.75) is 6.92 Å². The number of hydrogen-bond acceptors (Lipinski definition) is 4. The molecule has 0 radical (unpaired) electrons. The summed E-state index contributed by atoms with van der Waals surface area (Å²) in [6.07, 6.45) is 3.62. The largest absolute Gasteiger partial charge is 0.411 e. The Morgan fingerprint density at radius 3 is 2.83 bits per heavy atom. The van der Waals surface area contributed by atoms with Gasteiger partial charge in [-0.2, -0.15) is 0 Å². The van der Waals surface area contributed by atoms with Crippen LogP contribution in [0.25, 0.3) is 15.4 Å². The van der Waals surface area contributed by atoms with Crippen LogP contribution in [0.15, 0.2) is 47.9 Å². The third-order valence-corrected chi connectivity index (χ3v) is 3.90. The van der Waals surface area contributed by atoms with Crippen molar-refractivity contribution >= 4 is 22.0 Å². The maximum atomic E-state index is 9.03. The molecule has 0 saturated heterocycles. The number of hydrogen-bond donors (Lipinski definition) is 1. The fourth-order valence-electron chi connectivity index (χ4n) is 1.96. The molecule has 0 unspecified atom stereocenters. The molecule has 2 heterocycles. The maximum absolute atomic E-state index is 9.03. The molecular weight excluding hydrogens is 246 g/mol. The molecule has 18 heavy (non-hydrogen) atoms. The third-order valence-electron chi connectivity index (χ3n) is 2.78. The van der Waals surface area contributed by atoms with Crippen molar-refractivity contribution in [2.24, 2.45) is 5.16 Å². The van der Waals surface area contributed by atoms with Gasteiger partial charge in [-0.25, -0.2) is 4.98 Å². The Hall–Kier alpha value is -2.14. The quantitative estimate of drug-likeness (QED) is 0.435. The van der Waals surface area contributed by atoms with Gasteiger partial charge in [0.1, 0.15) is 5.71 Å². The lowest BCUT2D eigenvalue weighted by molar-refractivity contribution is 0.319. The zero-order chi connectivity index (χ0) is 12.5. The first-order valence-corrected chi connectivity index (χ1v) is 6.33. The highest BCUT2D eigenvalue weighted by molar-refractivity contribution is 7.20. The fraction of sp³-hybridized carbons (Fsp3) is 0.0769. The van der Waals surface area contributed by atoms with E-state index in [1.807, 2.05) is 40.9 Å². The third kappa shape index (κ3) is 1.60. The van der Waals surface area contributed by atoms with Crippen molar-refractivity contribution in [3.63, 3.8) is 0 Å². The minimum atomic E-state index is 0.582. The first-order chi connectivity index (χ1) is 8.81. The molecule has 5 heteroatoms. The predicted octanol–water partition coefficient (Wildman–Crippen LogP) is 3.26. The van der Waals surface area contributed by atoms with Gasteiger partial charge in [0.15, 0.2) is 4.96 Å². The molecule has 0 aliphatic heterocycles. The number of thiazole rings is 1. The lowest BCUT2D eigenvalue weighted by Gasteiger charge is -2.02. The van der Waals surface area contributed by atoms with Crippen LogP contribution in [0, 0.1) is 0 Å². The van der Waals surface area contributed by atoms with Crippen molar-refractivity contribution in [3.8, 4) is 10.4 Å². The van der Waals surface area contributed by atoms with Crippen LogP contribution in [0.2, 0.25) is 0 Å². The molecule has 1 aromatic carbocycles. The van der Waals surface area contributed by atoms with Gasteiger partial charge in [-0.15, -0.1) is 0 Å². The van der Waals surface area contributed by atoms with E-state index >= 15 is 0 Å². The average Bonchev–Trinajstić information content (AvgIpc) is 2.98. The molecule has 90 valence electrons. The number of fused-ring (bicyclic) bond motifs is 1. The number of rotatable bonds is 2. The van der Waals surface area contributed by atoms with Gasteiger partial charge in [-0.3, -0.25) is 4.40 Å². The van der Waals surface area contributed by atoms with E-state index in [1.54, 1.807) is 24.5 Å². The van der Waals surface area contributed by atoms with Crippen LogP contribution in [0.5, 0.6) is 0 Å². The van der Waals surface area contributed by atoms with Gasteiger partial charge >= 0.3 is 0 Å². The molecule has 3 aromatic rings. The Labute approximate surface area is 108 Å². The smallest absolute Gasteiger partial charge is 0.194 e. The molecule has 0 saturated carbocycles. The first-order valence-electron chi connectivity index (χ1n) is 5.51. The van der Waals surface area contributed by atoms with Gasteiger partial charge in [0.05, 0.1) is 10.6 Å². The van der Waals surface area contributed by atoms with E-state index in [9.17, 15) is 0 Å². The summed E-state index contributed by atoms with van der Waals surface area (Å²) in [4.78, 5) is 6.25. The summed E-state index contributed by atoms with van der Waals surface area (Å²) < 4.78 is 1.95. The lowest BCUT2D eigenvalue weighted by atomic mass is 10.1. The van der Waals surface area contributed by atoms with Crippen LogP contribution < -0.4 is 0 Å². The van der Waals surface area contributed by atoms with Crippen LogP contribution >= 0.6 is 11.3 Å². The maximum Gasteiger partial charge on any atom is 0.194 e. The molecule has 4 nitrogen and oxygen atoms in total. The average molecular weight is 257 g/mol. The molecule has 2 aromatic heterocycles. The van der Waals surface area contributed by atoms with E-state index in [-0.39, 0.29) is 0 Å². The minimum absolute atomic E-state index is 0.582. The Balaban J connectivity index is 2.32. The van der Waals surface area contributed by atoms with Crippen LogP contribution in [-0.2, 0) is 0 Å². The summed E-state index contributed by atoms with van der Waals surface area (Å²) >= 11 is 1.59. The molecule has 0 aliphatic carbocycles. The van der Waals surface area contributed by atoms with Gasteiger partial charge in [0, 0.05) is 12.4 Å². The molecule has 0 atom stereocenters. The zero-order valence-electron chi connectivity index (χ0n) is 9.74. The predicted molar refractivity (Wildman–Crippen MR) is 72.5 cm³/mol. The fourth-order valence-corrected chi connectivity index (χ4v) is 3.10. The molecular formula is C13H11N3OS. The first kappa shape index (κ1) is 11.0. The summed E-state index contributed by atoms with van der Waals surface area (Å²) in [6, 6.07) is 10.0. The molecule has 0 fully saturated rings. The second-order valence-corrected chi connectivity index (χ2v) is 4.89. The van der Waals surface area contributed by atoms with Crippen molar-refractivity contribution in [1.82, 2.24) is 9.38 Å². The number of oxime groups is 1. The highest BCUT2D eigenvalue weighted by atomic mass is 32.1. The van der Waals surface area contributed by atoms with Crippen molar-refractivity contribution in [1.29, 1.82) is 0 Å². The van der Waals surface area contributed by atoms with Gasteiger partial charge in [-0.1, -0.05) is 46.8 Å². The number of nitrogens with zero attached hydrogens (tertiary/aromatic N) is 3. The van der Waals surface area contributed by atoms with Gasteiger partial charge in [-0.05, 0) is 12.5 Å². The molecule has 0 amide bonds. The summed E-state index contributed by atoms with van der Waals surface area (Å²) in [5, 5.41) is 12.4. The van der Waals surface area contributed by atoms with Crippen molar-refractivity contribution in [3.05, 3.63) is 48.4 Å². The van der Waals surface area contributed by atoms with E-state index in [1.165, 1.54) is 0 Å². The van der Waals surface area contributed by atoms with E-state index in [4.69, 9.17) is 5.21 Å². The SMILES string of the molecule is CC(=NO)c1c(-c2ccccc2)sc2nccn12. The lowest BCUT2D eigenvalue weighted by Crippen LogP contribution is -2.00. The van der Waals surface area contributed by atoms with E-state index < -0.39 is 0 Å². The summed E-state index contributed by atoms with van der Waals surface area (Å²) in [5.74, 6) is 0. The topological polar surface area (TPSA) is 49.9 Å². The molecule has 3 rings (SSSR count). The van der Waals surface area contributed by atoms with Gasteiger partial charge < -0.3 is 5.21 Å².